The smallest absolute Gasteiger partial charge is 0.134 e. The van der Waals surface area contributed by atoms with Crippen LogP contribution in [0.15, 0.2) is 30.0 Å². The lowest BCUT2D eigenvalue weighted by molar-refractivity contribution is 0.144. The van der Waals surface area contributed by atoms with Crippen LogP contribution in [0, 0.1) is 11.3 Å². The van der Waals surface area contributed by atoms with Crippen LogP contribution in [0.3, 0.4) is 0 Å². The Morgan fingerprint density at radius 2 is 2.05 bits per heavy atom. The number of likely N-dealkylation sites (N-methyl/N-ethyl adjacent to an activating group) is 1. The molecule has 2 N–H and O–H groups in total. The lowest BCUT2D eigenvalue weighted by Gasteiger charge is -2.27. The third kappa shape index (κ3) is 4.46. The first kappa shape index (κ1) is 16.3. The lowest BCUT2D eigenvalue weighted by Crippen LogP contribution is -2.38. The van der Waals surface area contributed by atoms with Crippen LogP contribution in [-0.2, 0) is 4.84 Å². The first-order chi connectivity index (χ1) is 10.7. The van der Waals surface area contributed by atoms with Gasteiger partial charge < -0.3 is 10.2 Å². The average molecular weight is 301 g/mol. The van der Waals surface area contributed by atoms with Crippen molar-refractivity contribution in [3.8, 4) is 6.07 Å². The van der Waals surface area contributed by atoms with Crippen molar-refractivity contribution in [1.82, 2.24) is 15.6 Å². The summed E-state index contributed by atoms with van der Waals surface area (Å²) < 4.78 is 0. The van der Waals surface area contributed by atoms with Crippen molar-refractivity contribution >= 4 is 11.8 Å². The van der Waals surface area contributed by atoms with Crippen LogP contribution < -0.4 is 15.9 Å². The summed E-state index contributed by atoms with van der Waals surface area (Å²) in [6.45, 7) is 4.83. The summed E-state index contributed by atoms with van der Waals surface area (Å²) in [5, 5.41) is 13.6. The van der Waals surface area contributed by atoms with Gasteiger partial charge in [0.2, 0.25) is 0 Å². The first-order valence-corrected chi connectivity index (χ1v) is 7.45. The third-order valence-corrected chi connectivity index (χ3v) is 3.54. The number of anilines is 1. The molecule has 0 unspecified atom stereocenters. The number of rotatable bonds is 1. The molecule has 0 atom stereocenters. The summed E-state index contributed by atoms with van der Waals surface area (Å²) in [4.78, 5) is 7.44. The maximum Gasteiger partial charge on any atom is 0.134 e. The Balaban J connectivity index is 0.000000188. The van der Waals surface area contributed by atoms with Gasteiger partial charge in [-0.2, -0.15) is 10.4 Å². The number of nitrogens with zero attached hydrogens (tertiary/aromatic N) is 3. The molecular weight excluding hydrogens is 278 g/mol. The molecule has 1 fully saturated rings. The summed E-state index contributed by atoms with van der Waals surface area (Å²) in [5.41, 5.74) is 5.14. The number of hydrazine groups is 1. The summed E-state index contributed by atoms with van der Waals surface area (Å²) >= 11 is 0. The van der Waals surface area contributed by atoms with Crippen molar-refractivity contribution in [2.45, 2.75) is 6.42 Å². The van der Waals surface area contributed by atoms with Crippen LogP contribution in [0.1, 0.15) is 12.0 Å². The van der Waals surface area contributed by atoms with Crippen LogP contribution in [0.4, 0.5) is 5.69 Å². The van der Waals surface area contributed by atoms with E-state index >= 15 is 0 Å². The van der Waals surface area contributed by atoms with E-state index in [0.29, 0.717) is 5.70 Å². The van der Waals surface area contributed by atoms with E-state index in [9.17, 15) is 0 Å². The van der Waals surface area contributed by atoms with Gasteiger partial charge in [0.25, 0.3) is 0 Å². The number of fused-ring (bicyclic) bond motifs is 1. The highest BCUT2D eigenvalue weighted by Crippen LogP contribution is 2.25. The minimum atomic E-state index is 0.463. The Bertz CT molecular complexity index is 544. The number of nitriles is 1. The molecule has 2 aliphatic heterocycles. The number of allylic oxidation sites excluding steroid dienone is 1. The van der Waals surface area contributed by atoms with Crippen molar-refractivity contribution in [2.24, 2.45) is 0 Å². The summed E-state index contributed by atoms with van der Waals surface area (Å²) in [5.74, 6) is 0. The summed E-state index contributed by atoms with van der Waals surface area (Å²) in [7, 11) is 3.72. The lowest BCUT2D eigenvalue weighted by atomic mass is 10.1. The maximum absolute atomic E-state index is 8.77. The van der Waals surface area contributed by atoms with E-state index < -0.39 is 0 Å². The van der Waals surface area contributed by atoms with Gasteiger partial charge in [-0.25, -0.2) is 0 Å². The predicted molar refractivity (Wildman–Crippen MR) is 87.6 cm³/mol. The third-order valence-electron chi connectivity index (χ3n) is 3.54. The Hall–Kier alpha value is -2.07. The van der Waals surface area contributed by atoms with E-state index in [1.165, 1.54) is 31.2 Å². The molecule has 6 nitrogen and oxygen atoms in total. The fourth-order valence-electron chi connectivity index (χ4n) is 2.33. The molecular formula is C16H23N5O. The molecule has 2 heterocycles. The second-order valence-corrected chi connectivity index (χ2v) is 5.22. The van der Waals surface area contributed by atoms with Crippen LogP contribution in [0.5, 0.6) is 0 Å². The van der Waals surface area contributed by atoms with Crippen LogP contribution in [0.25, 0.3) is 6.08 Å². The molecule has 0 aromatic heterocycles. The molecule has 2 aliphatic rings. The van der Waals surface area contributed by atoms with Gasteiger partial charge in [-0.15, -0.1) is 0 Å². The SMILES string of the molecule is CN1CCCNCC1.CON1NC(C#N)=Cc2ccccc21. The van der Waals surface area contributed by atoms with Gasteiger partial charge in [0.1, 0.15) is 11.8 Å². The predicted octanol–water partition coefficient (Wildman–Crippen LogP) is 1.35. The molecule has 0 aliphatic carbocycles. The quantitative estimate of drug-likeness (QED) is 0.816. The van der Waals surface area contributed by atoms with Crippen molar-refractivity contribution in [1.29, 1.82) is 5.26 Å². The zero-order chi connectivity index (χ0) is 15.8. The Morgan fingerprint density at radius 1 is 1.23 bits per heavy atom. The molecule has 0 saturated carbocycles. The number of benzene rings is 1. The number of hydrogen-bond acceptors (Lipinski definition) is 6. The van der Waals surface area contributed by atoms with E-state index in [-0.39, 0.29) is 0 Å². The highest BCUT2D eigenvalue weighted by Gasteiger charge is 2.15. The largest absolute Gasteiger partial charge is 0.315 e. The van der Waals surface area contributed by atoms with Gasteiger partial charge in [-0.05, 0) is 38.7 Å². The molecule has 0 spiro atoms. The van der Waals surface area contributed by atoms with Gasteiger partial charge in [0.15, 0.2) is 0 Å². The molecule has 0 bridgehead atoms. The average Bonchev–Trinajstić information content (AvgIpc) is 2.82. The first-order valence-electron chi connectivity index (χ1n) is 7.45. The minimum Gasteiger partial charge on any atom is -0.315 e. The van der Waals surface area contributed by atoms with Gasteiger partial charge in [0, 0.05) is 18.7 Å². The molecule has 22 heavy (non-hydrogen) atoms. The van der Waals surface area contributed by atoms with E-state index in [1.807, 2.05) is 30.3 Å². The molecule has 6 heteroatoms. The summed E-state index contributed by atoms with van der Waals surface area (Å²) in [6, 6.07) is 9.72. The molecule has 0 radical (unpaired) electrons. The molecule has 1 saturated heterocycles. The molecule has 0 amide bonds. The van der Waals surface area contributed by atoms with Crippen LogP contribution in [-0.4, -0.2) is 45.2 Å². The maximum atomic E-state index is 8.77. The van der Waals surface area contributed by atoms with Crippen molar-refractivity contribution in [3.63, 3.8) is 0 Å². The van der Waals surface area contributed by atoms with Crippen molar-refractivity contribution in [2.75, 3.05) is 45.5 Å². The van der Waals surface area contributed by atoms with E-state index in [1.54, 1.807) is 13.2 Å². The molecule has 1 aromatic rings. The fraction of sp³-hybridized carbons (Fsp3) is 0.438. The normalized spacial score (nSPS) is 17.9. The van der Waals surface area contributed by atoms with Crippen molar-refractivity contribution < 1.29 is 4.84 Å². The zero-order valence-electron chi connectivity index (χ0n) is 13.2. The Kier molecular flexibility index (Phi) is 6.22. The van der Waals surface area contributed by atoms with Gasteiger partial charge in [0.05, 0.1) is 12.8 Å². The van der Waals surface area contributed by atoms with Crippen molar-refractivity contribution in [3.05, 3.63) is 35.5 Å². The van der Waals surface area contributed by atoms with Gasteiger partial charge >= 0.3 is 0 Å². The molecule has 118 valence electrons. The highest BCUT2D eigenvalue weighted by molar-refractivity contribution is 5.72. The summed E-state index contributed by atoms with van der Waals surface area (Å²) in [6.07, 6.45) is 3.08. The number of hydrogen-bond donors (Lipinski definition) is 2. The van der Waals surface area contributed by atoms with E-state index in [0.717, 1.165) is 17.8 Å². The number of para-hydroxylation sites is 1. The molecule has 3 rings (SSSR count). The second-order valence-electron chi connectivity index (χ2n) is 5.22. The topological polar surface area (TPSA) is 63.6 Å². The van der Waals surface area contributed by atoms with E-state index in [4.69, 9.17) is 10.1 Å². The second kappa shape index (κ2) is 8.39. The van der Waals surface area contributed by atoms with E-state index in [2.05, 4.69) is 22.7 Å². The fourth-order valence-corrected chi connectivity index (χ4v) is 2.33. The van der Waals surface area contributed by atoms with Gasteiger partial charge in [-0.1, -0.05) is 18.2 Å². The highest BCUT2D eigenvalue weighted by atomic mass is 16.7. The Labute approximate surface area is 131 Å². The number of nitrogens with one attached hydrogen (secondary N) is 2. The minimum absolute atomic E-state index is 0.463. The van der Waals surface area contributed by atoms with Gasteiger partial charge in [-0.3, -0.25) is 10.3 Å². The van der Waals surface area contributed by atoms with Crippen LogP contribution in [0.2, 0.25) is 0 Å². The zero-order valence-corrected chi connectivity index (χ0v) is 13.2. The standard InChI is InChI=1S/C10H9N3O.C6H14N2/c1-14-13-10-5-3-2-4-8(10)6-9(7-11)12-13;1-8-5-2-3-7-4-6-8/h2-6,12H,1H3;7H,2-6H2,1H3. The van der Waals surface area contributed by atoms with Crippen LogP contribution >= 0.6 is 0 Å². The molecule has 1 aromatic carbocycles. The Morgan fingerprint density at radius 3 is 2.82 bits per heavy atom. The monoisotopic (exact) mass is 301 g/mol.